The number of H-pyrrole nitrogens is 1. The van der Waals surface area contributed by atoms with E-state index in [9.17, 15) is 22.0 Å². The van der Waals surface area contributed by atoms with E-state index in [1.165, 1.54) is 28.4 Å². The van der Waals surface area contributed by atoms with Gasteiger partial charge < -0.3 is 20.4 Å². The van der Waals surface area contributed by atoms with Gasteiger partial charge in [-0.3, -0.25) is 10.3 Å². The third-order valence-electron chi connectivity index (χ3n) is 5.41. The van der Waals surface area contributed by atoms with Gasteiger partial charge in [0.25, 0.3) is 5.66 Å². The van der Waals surface area contributed by atoms with Crippen molar-refractivity contribution < 1.29 is 26.7 Å². The quantitative estimate of drug-likeness (QED) is 0.0908. The Hall–Kier alpha value is -3.50. The van der Waals surface area contributed by atoms with Crippen LogP contribution in [0.15, 0.2) is 66.5 Å². The molecule has 4 N–H and O–H groups in total. The number of nitrogens with one attached hydrogen (secondary N) is 2. The van der Waals surface area contributed by atoms with Crippen LogP contribution in [0.4, 0.5) is 33.3 Å². The number of alkyl halides is 5. The Labute approximate surface area is 219 Å². The van der Waals surface area contributed by atoms with Crippen molar-refractivity contribution in [3.8, 4) is 23.0 Å². The summed E-state index contributed by atoms with van der Waals surface area (Å²) in [5.41, 5.74) is 3.42. The number of imidazole rings is 1. The van der Waals surface area contributed by atoms with Crippen LogP contribution < -0.4 is 20.7 Å². The minimum atomic E-state index is -4.40. The van der Waals surface area contributed by atoms with Gasteiger partial charge in [0.05, 0.1) is 29.8 Å². The van der Waals surface area contributed by atoms with Crippen LogP contribution in [-0.4, -0.2) is 40.9 Å². The number of aromatic nitrogens is 3. The van der Waals surface area contributed by atoms with Gasteiger partial charge in [-0.15, -0.1) is 0 Å². The van der Waals surface area contributed by atoms with E-state index >= 15 is 0 Å². The van der Waals surface area contributed by atoms with Gasteiger partial charge in [0, 0.05) is 31.4 Å². The topological polar surface area (TPSA) is 92.1 Å². The van der Waals surface area contributed by atoms with Gasteiger partial charge in [0.15, 0.2) is 5.82 Å². The second-order valence-electron chi connectivity index (χ2n) is 8.42. The Morgan fingerprint density at radius 2 is 1.89 bits per heavy atom. The van der Waals surface area contributed by atoms with E-state index in [1.807, 2.05) is 4.90 Å². The summed E-state index contributed by atoms with van der Waals surface area (Å²) in [7, 11) is 3.23. The Kier molecular flexibility index (Phi) is 9.11. The van der Waals surface area contributed by atoms with Crippen molar-refractivity contribution in [2.75, 3.05) is 24.3 Å². The van der Waals surface area contributed by atoms with Crippen LogP contribution in [-0.2, 0) is 5.66 Å². The zero-order valence-electron chi connectivity index (χ0n) is 20.9. The third-order valence-corrected chi connectivity index (χ3v) is 5.72. The molecule has 0 bridgehead atoms. The summed E-state index contributed by atoms with van der Waals surface area (Å²) in [6.45, 7) is 3.40. The number of aromatic amines is 1. The summed E-state index contributed by atoms with van der Waals surface area (Å²) in [6, 6.07) is 7.90. The van der Waals surface area contributed by atoms with E-state index in [4.69, 9.17) is 10.5 Å². The van der Waals surface area contributed by atoms with Crippen LogP contribution in [0.2, 0.25) is 0 Å². The van der Waals surface area contributed by atoms with Crippen LogP contribution in [0.5, 0.6) is 11.5 Å². The molecule has 1 aromatic carbocycles. The molecule has 0 amide bonds. The molecule has 0 aliphatic rings. The van der Waals surface area contributed by atoms with Gasteiger partial charge in [-0.05, 0) is 32.0 Å². The second-order valence-corrected chi connectivity index (χ2v) is 9.14. The molecular weight excluding hydrogens is 526 g/mol. The van der Waals surface area contributed by atoms with Crippen molar-refractivity contribution in [2.45, 2.75) is 31.7 Å². The number of rotatable bonds is 10. The predicted octanol–water partition coefficient (Wildman–Crippen LogP) is 6.21. The smallest absolute Gasteiger partial charge is 0.416 e. The summed E-state index contributed by atoms with van der Waals surface area (Å²) in [4.78, 5) is 12.5. The second kappa shape index (κ2) is 11.9. The summed E-state index contributed by atoms with van der Waals surface area (Å²) in [6.07, 6.45) is 1.62. The number of ether oxygens (including phenoxy) is 1. The van der Waals surface area contributed by atoms with Crippen molar-refractivity contribution in [2.24, 2.45) is 0 Å². The fourth-order valence-corrected chi connectivity index (χ4v) is 3.49. The van der Waals surface area contributed by atoms with E-state index < -0.39 is 17.4 Å². The number of benzene rings is 1. The lowest BCUT2D eigenvalue weighted by Crippen LogP contribution is -2.36. The molecule has 2 aromatic heterocycles. The predicted molar refractivity (Wildman–Crippen MR) is 141 cm³/mol. The molecule has 38 heavy (non-hydrogen) atoms. The van der Waals surface area contributed by atoms with Crippen molar-refractivity contribution in [1.29, 1.82) is 0 Å². The summed E-state index contributed by atoms with van der Waals surface area (Å²) in [5.74, 6) is 0.998. The number of hydrogen-bond acceptors (Lipinski definition) is 6. The lowest BCUT2D eigenvalue weighted by atomic mass is 10.2. The molecule has 0 saturated heterocycles. The lowest BCUT2D eigenvalue weighted by molar-refractivity contribution is -0.0883. The van der Waals surface area contributed by atoms with Crippen LogP contribution in [0.3, 0.4) is 0 Å². The summed E-state index contributed by atoms with van der Waals surface area (Å²) < 4.78 is 71.4. The molecule has 0 fully saturated rings. The van der Waals surface area contributed by atoms with E-state index in [1.54, 1.807) is 44.3 Å². The largest absolute Gasteiger partial charge is 0.457 e. The monoisotopic (exact) mass is 554 g/mol. The van der Waals surface area contributed by atoms with Gasteiger partial charge in [0.1, 0.15) is 22.9 Å². The molecule has 2 heterocycles. The normalized spacial score (nSPS) is 13.7. The Bertz CT molecular complexity index is 1300. The molecular formula is C25H28F5N6OP. The molecule has 2 unspecified atom stereocenters. The lowest BCUT2D eigenvalue weighted by Gasteiger charge is -2.23. The van der Waals surface area contributed by atoms with E-state index in [-0.39, 0.29) is 17.6 Å². The van der Waals surface area contributed by atoms with E-state index in [2.05, 4.69) is 20.3 Å². The molecule has 13 heteroatoms. The van der Waals surface area contributed by atoms with Crippen molar-refractivity contribution in [3.63, 3.8) is 0 Å². The van der Waals surface area contributed by atoms with Gasteiger partial charge in [-0.2, -0.15) is 22.0 Å². The number of nitrogen functional groups attached to an aromatic ring is 1. The first-order valence-corrected chi connectivity index (χ1v) is 12.0. The summed E-state index contributed by atoms with van der Waals surface area (Å²) in [5, 5.41) is 3.12. The molecule has 0 spiro atoms. The zero-order valence-corrected chi connectivity index (χ0v) is 22.0. The highest BCUT2D eigenvalue weighted by Crippen LogP contribution is 2.35. The maximum absolute atomic E-state index is 13.5. The molecule has 0 radical (unpaired) electrons. The van der Waals surface area contributed by atoms with Crippen molar-refractivity contribution in [1.82, 2.24) is 20.3 Å². The number of pyridine rings is 1. The molecule has 0 aliphatic carbocycles. The Morgan fingerprint density at radius 1 is 1.18 bits per heavy atom. The maximum Gasteiger partial charge on any atom is 0.416 e. The minimum absolute atomic E-state index is 0.168. The first-order valence-electron chi connectivity index (χ1n) is 11.4. The highest BCUT2D eigenvalue weighted by molar-refractivity contribution is 7.17. The zero-order chi connectivity index (χ0) is 28.1. The van der Waals surface area contributed by atoms with Gasteiger partial charge in [0.2, 0.25) is 0 Å². The minimum Gasteiger partial charge on any atom is -0.457 e. The number of nitrogens with two attached hydrogens (primary N) is 1. The highest BCUT2D eigenvalue weighted by Gasteiger charge is 2.31. The first-order chi connectivity index (χ1) is 17.8. The van der Waals surface area contributed by atoms with Crippen molar-refractivity contribution in [3.05, 3.63) is 72.2 Å². The standard InChI is InChI=1S/C25H28F5N6OP/c1-4-16(24(26,27)28)6-5-15(2)34-14-36(3)21-8-7-17(11-19(21)31)37-18-9-10-32-20(12-18)23-33-13-22(35-23)25(29,30)38/h4-13,15,34H,14,31,38H2,1-3H3,(H,33,35)/b6-5-,16-4+. The molecule has 2 atom stereocenters. The average Bonchev–Trinajstić information content (AvgIpc) is 3.34. The molecule has 0 aliphatic heterocycles. The third kappa shape index (κ3) is 7.75. The average molecular weight is 555 g/mol. The first kappa shape index (κ1) is 29.1. The van der Waals surface area contributed by atoms with Gasteiger partial charge in [-0.25, -0.2) is 4.98 Å². The maximum atomic E-state index is 13.5. The Balaban J connectivity index is 1.63. The molecule has 7 nitrogen and oxygen atoms in total. The number of nitrogens with zero attached hydrogens (tertiary/aromatic N) is 3. The SMILES string of the molecule is C/C=C(\C=C/C(C)NCN(C)c1ccc(Oc2ccnc(-c3ncc(C(F)(F)P)[nH]3)c2)cc1N)C(F)(F)F. The molecule has 3 aromatic rings. The summed E-state index contributed by atoms with van der Waals surface area (Å²) >= 11 is 0. The van der Waals surface area contributed by atoms with E-state index in [0.29, 0.717) is 35.2 Å². The fourth-order valence-electron chi connectivity index (χ4n) is 3.34. The van der Waals surface area contributed by atoms with E-state index in [0.717, 1.165) is 18.3 Å². The fraction of sp³-hybridized carbons (Fsp3) is 0.280. The number of halogens is 5. The molecule has 0 saturated carbocycles. The van der Waals surface area contributed by atoms with Crippen LogP contribution in [0.25, 0.3) is 11.5 Å². The number of hydrogen-bond donors (Lipinski definition) is 3. The highest BCUT2D eigenvalue weighted by atomic mass is 31.0. The Morgan fingerprint density at radius 3 is 2.50 bits per heavy atom. The number of allylic oxidation sites excluding steroid dienone is 3. The van der Waals surface area contributed by atoms with Gasteiger partial charge in [-0.1, -0.05) is 27.5 Å². The molecule has 3 rings (SSSR count). The molecule has 204 valence electrons. The van der Waals surface area contributed by atoms with Crippen LogP contribution in [0.1, 0.15) is 19.5 Å². The number of anilines is 2. The van der Waals surface area contributed by atoms with Crippen LogP contribution >= 0.6 is 9.24 Å². The van der Waals surface area contributed by atoms with Crippen molar-refractivity contribution >= 4 is 20.6 Å². The van der Waals surface area contributed by atoms with Crippen LogP contribution in [0, 0.1) is 0 Å². The van der Waals surface area contributed by atoms with Gasteiger partial charge >= 0.3 is 6.18 Å².